The highest BCUT2D eigenvalue weighted by Crippen LogP contribution is 2.27. The lowest BCUT2D eigenvalue weighted by Gasteiger charge is -2.17. The van der Waals surface area contributed by atoms with Crippen molar-refractivity contribution >= 4 is 33.4 Å². The summed E-state index contributed by atoms with van der Waals surface area (Å²) in [5.74, 6) is -0.370. The normalized spacial score (nSPS) is 17.8. The highest BCUT2D eigenvalue weighted by atomic mass is 79.9. The minimum absolute atomic E-state index is 0.157. The van der Waals surface area contributed by atoms with E-state index in [1.807, 2.05) is 24.3 Å². The van der Waals surface area contributed by atoms with E-state index < -0.39 is 5.92 Å². The van der Waals surface area contributed by atoms with Crippen molar-refractivity contribution in [2.24, 2.45) is 5.92 Å². The van der Waals surface area contributed by atoms with Crippen molar-refractivity contribution in [3.63, 3.8) is 0 Å². The third kappa shape index (κ3) is 3.06. The lowest BCUT2D eigenvalue weighted by atomic mass is 10.1. The maximum atomic E-state index is 12.4. The second-order valence-electron chi connectivity index (χ2n) is 5.11. The van der Waals surface area contributed by atoms with Crippen LogP contribution in [-0.4, -0.2) is 18.4 Å². The number of carbonyl (C=O) groups is 2. The molecule has 114 valence electrons. The molecule has 1 unspecified atom stereocenters. The molecule has 1 aromatic carbocycles. The number of benzene rings is 1. The van der Waals surface area contributed by atoms with Crippen LogP contribution in [0.25, 0.3) is 0 Å². The lowest BCUT2D eigenvalue weighted by molar-refractivity contribution is -0.132. The minimum atomic E-state index is -0.631. The molecule has 1 aromatic heterocycles. The summed E-state index contributed by atoms with van der Waals surface area (Å²) in [6.45, 7) is 0.848. The smallest absolute Gasteiger partial charge is 0.239 e. The van der Waals surface area contributed by atoms with Gasteiger partial charge >= 0.3 is 0 Å². The number of amides is 2. The van der Waals surface area contributed by atoms with Crippen molar-refractivity contribution < 1.29 is 14.0 Å². The van der Waals surface area contributed by atoms with E-state index in [-0.39, 0.29) is 11.8 Å². The number of anilines is 1. The van der Waals surface area contributed by atoms with Crippen LogP contribution in [0.4, 0.5) is 5.69 Å². The monoisotopic (exact) mass is 362 g/mol. The molecule has 0 bridgehead atoms. The van der Waals surface area contributed by atoms with Crippen LogP contribution < -0.4 is 10.2 Å². The van der Waals surface area contributed by atoms with E-state index in [9.17, 15) is 9.59 Å². The molecule has 1 aliphatic rings. The first kappa shape index (κ1) is 14.8. The van der Waals surface area contributed by atoms with Gasteiger partial charge in [0, 0.05) is 16.7 Å². The van der Waals surface area contributed by atoms with E-state index in [2.05, 4.69) is 21.2 Å². The Labute approximate surface area is 136 Å². The number of furan rings is 1. The summed E-state index contributed by atoms with van der Waals surface area (Å²) < 4.78 is 6.07. The van der Waals surface area contributed by atoms with Crippen LogP contribution in [0.3, 0.4) is 0 Å². The molecule has 0 spiro atoms. The molecule has 1 aliphatic heterocycles. The minimum Gasteiger partial charge on any atom is -0.467 e. The molecular formula is C16H15BrN2O3. The van der Waals surface area contributed by atoms with Crippen LogP contribution >= 0.6 is 15.9 Å². The molecule has 6 heteroatoms. The summed E-state index contributed by atoms with van der Waals surface area (Å²) in [5.41, 5.74) is 0.806. The van der Waals surface area contributed by atoms with E-state index >= 15 is 0 Å². The molecule has 0 aliphatic carbocycles. The molecule has 2 heterocycles. The van der Waals surface area contributed by atoms with Crippen LogP contribution in [0.1, 0.15) is 12.2 Å². The van der Waals surface area contributed by atoms with Gasteiger partial charge < -0.3 is 14.6 Å². The fourth-order valence-corrected chi connectivity index (χ4v) is 2.92. The van der Waals surface area contributed by atoms with Gasteiger partial charge in [0.2, 0.25) is 11.8 Å². The number of halogens is 1. The third-order valence-electron chi connectivity index (χ3n) is 3.66. The maximum absolute atomic E-state index is 12.4. The Morgan fingerprint density at radius 3 is 2.95 bits per heavy atom. The standard InChI is InChI=1S/C16H15BrN2O3/c17-11-3-1-4-12(9-11)19-7-6-14(16(19)21)15(20)18-10-13-5-2-8-22-13/h1-5,8-9,14H,6-7,10H2,(H,18,20). The molecule has 2 amide bonds. The first-order valence-electron chi connectivity index (χ1n) is 7.02. The second-order valence-corrected chi connectivity index (χ2v) is 6.02. The number of nitrogens with one attached hydrogen (secondary N) is 1. The first-order valence-corrected chi connectivity index (χ1v) is 7.81. The van der Waals surface area contributed by atoms with Gasteiger partial charge in [-0.05, 0) is 36.8 Å². The fourth-order valence-electron chi connectivity index (χ4n) is 2.53. The van der Waals surface area contributed by atoms with Gasteiger partial charge in [-0.25, -0.2) is 0 Å². The van der Waals surface area contributed by atoms with Gasteiger partial charge in [-0.15, -0.1) is 0 Å². The van der Waals surface area contributed by atoms with Gasteiger partial charge in [-0.3, -0.25) is 9.59 Å². The van der Waals surface area contributed by atoms with Crippen LogP contribution in [0, 0.1) is 5.92 Å². The molecule has 5 nitrogen and oxygen atoms in total. The zero-order valence-electron chi connectivity index (χ0n) is 11.8. The zero-order chi connectivity index (χ0) is 15.5. The van der Waals surface area contributed by atoms with E-state index in [1.165, 1.54) is 0 Å². The Morgan fingerprint density at radius 1 is 1.36 bits per heavy atom. The highest BCUT2D eigenvalue weighted by molar-refractivity contribution is 9.10. The van der Waals surface area contributed by atoms with Gasteiger partial charge in [-0.2, -0.15) is 0 Å². The molecule has 0 saturated carbocycles. The molecule has 1 fully saturated rings. The van der Waals surface area contributed by atoms with E-state index in [0.29, 0.717) is 25.3 Å². The molecule has 1 N–H and O–H groups in total. The summed E-state index contributed by atoms with van der Waals surface area (Å²) in [6.07, 6.45) is 2.08. The molecule has 1 saturated heterocycles. The van der Waals surface area contributed by atoms with Crippen molar-refractivity contribution in [3.8, 4) is 0 Å². The molecule has 0 radical (unpaired) electrons. The number of nitrogens with zero attached hydrogens (tertiary/aromatic N) is 1. The van der Waals surface area contributed by atoms with Crippen LogP contribution in [0.15, 0.2) is 51.6 Å². The fraction of sp³-hybridized carbons (Fsp3) is 0.250. The number of hydrogen-bond donors (Lipinski definition) is 1. The van der Waals surface area contributed by atoms with Gasteiger partial charge in [-0.1, -0.05) is 22.0 Å². The average Bonchev–Trinajstić information content (AvgIpc) is 3.14. The second kappa shape index (κ2) is 6.36. The van der Waals surface area contributed by atoms with E-state index in [4.69, 9.17) is 4.42 Å². The van der Waals surface area contributed by atoms with Crippen molar-refractivity contribution in [3.05, 3.63) is 52.9 Å². The number of hydrogen-bond acceptors (Lipinski definition) is 3. The molecule has 22 heavy (non-hydrogen) atoms. The predicted octanol–water partition coefficient (Wildman–Crippen LogP) is 2.71. The Bertz CT molecular complexity index is 684. The SMILES string of the molecule is O=C(NCc1ccco1)C1CCN(c2cccc(Br)c2)C1=O. The average molecular weight is 363 g/mol. The number of rotatable bonds is 4. The van der Waals surface area contributed by atoms with Crippen molar-refractivity contribution in [1.29, 1.82) is 0 Å². The van der Waals surface area contributed by atoms with Crippen LogP contribution in [0.2, 0.25) is 0 Å². The first-order chi connectivity index (χ1) is 10.6. The van der Waals surface area contributed by atoms with Crippen molar-refractivity contribution in [2.45, 2.75) is 13.0 Å². The highest BCUT2D eigenvalue weighted by Gasteiger charge is 2.37. The van der Waals surface area contributed by atoms with Gasteiger partial charge in [0.1, 0.15) is 11.7 Å². The Balaban J connectivity index is 1.64. The van der Waals surface area contributed by atoms with E-state index in [0.717, 1.165) is 10.2 Å². The largest absolute Gasteiger partial charge is 0.467 e. The quantitative estimate of drug-likeness (QED) is 0.850. The predicted molar refractivity (Wildman–Crippen MR) is 85.2 cm³/mol. The number of carbonyl (C=O) groups excluding carboxylic acids is 2. The summed E-state index contributed by atoms with van der Waals surface area (Å²) in [4.78, 5) is 26.3. The zero-order valence-corrected chi connectivity index (χ0v) is 13.4. The topological polar surface area (TPSA) is 62.6 Å². The molecule has 3 rings (SSSR count). The summed E-state index contributed by atoms with van der Waals surface area (Å²) >= 11 is 3.39. The molecule has 1 atom stereocenters. The van der Waals surface area contributed by atoms with Gasteiger partial charge in [0.15, 0.2) is 0 Å². The lowest BCUT2D eigenvalue weighted by Crippen LogP contribution is -2.36. The van der Waals surface area contributed by atoms with Crippen molar-refractivity contribution in [2.75, 3.05) is 11.4 Å². The third-order valence-corrected chi connectivity index (χ3v) is 4.15. The Hall–Kier alpha value is -2.08. The summed E-state index contributed by atoms with van der Waals surface area (Å²) in [7, 11) is 0. The van der Waals surface area contributed by atoms with E-state index in [1.54, 1.807) is 23.3 Å². The summed E-state index contributed by atoms with van der Waals surface area (Å²) in [5, 5.41) is 2.75. The maximum Gasteiger partial charge on any atom is 0.239 e. The Morgan fingerprint density at radius 2 is 2.23 bits per heavy atom. The summed E-state index contributed by atoms with van der Waals surface area (Å²) in [6, 6.07) is 11.1. The Kier molecular flexibility index (Phi) is 4.29. The van der Waals surface area contributed by atoms with Gasteiger partial charge in [0.25, 0.3) is 0 Å². The molecule has 2 aromatic rings. The van der Waals surface area contributed by atoms with Crippen LogP contribution in [-0.2, 0) is 16.1 Å². The molecular weight excluding hydrogens is 348 g/mol. The van der Waals surface area contributed by atoms with Crippen molar-refractivity contribution in [1.82, 2.24) is 5.32 Å². The van der Waals surface area contributed by atoms with Gasteiger partial charge in [0.05, 0.1) is 12.8 Å². The van der Waals surface area contributed by atoms with Crippen LogP contribution in [0.5, 0.6) is 0 Å².